The molecule has 1 N–H and O–H groups in total. The number of aliphatic hydroxyl groups is 1. The van der Waals surface area contributed by atoms with E-state index in [1.807, 2.05) is 36.4 Å². The average Bonchev–Trinajstić information content (AvgIpc) is 2.52. The maximum Gasteiger partial charge on any atom is 0.410 e. The van der Waals surface area contributed by atoms with Crippen molar-refractivity contribution in [3.05, 3.63) is 48.0 Å². The summed E-state index contributed by atoms with van der Waals surface area (Å²) < 4.78 is 5.37. The van der Waals surface area contributed by atoms with E-state index in [1.165, 1.54) is 0 Å². The molecule has 4 nitrogen and oxygen atoms in total. The molecule has 0 spiro atoms. The van der Waals surface area contributed by atoms with Crippen molar-refractivity contribution in [2.24, 2.45) is 0 Å². The molecule has 1 aromatic carbocycles. The topological polar surface area (TPSA) is 49.8 Å². The fourth-order valence-electron chi connectivity index (χ4n) is 2.40. The van der Waals surface area contributed by atoms with Crippen LogP contribution in [-0.4, -0.2) is 35.3 Å². The van der Waals surface area contributed by atoms with Crippen LogP contribution in [0, 0.1) is 0 Å². The molecule has 0 radical (unpaired) electrons. The van der Waals surface area contributed by atoms with Gasteiger partial charge in [-0.15, -0.1) is 0 Å². The number of carbonyl (C=O) groups is 1. The summed E-state index contributed by atoms with van der Waals surface area (Å²) in [5.41, 5.74) is 0.986. The van der Waals surface area contributed by atoms with Crippen molar-refractivity contribution < 1.29 is 14.6 Å². The van der Waals surface area contributed by atoms with Gasteiger partial charge in [0.25, 0.3) is 0 Å². The molecule has 1 fully saturated rings. The third-order valence-electron chi connectivity index (χ3n) is 3.45. The van der Waals surface area contributed by atoms with Crippen molar-refractivity contribution >= 4 is 6.09 Å². The molecule has 1 unspecified atom stereocenters. The third kappa shape index (κ3) is 4.10. The van der Waals surface area contributed by atoms with Crippen LogP contribution in [0.1, 0.15) is 24.8 Å². The zero-order valence-electron chi connectivity index (χ0n) is 11.6. The Hall–Kier alpha value is -1.81. The van der Waals surface area contributed by atoms with Gasteiger partial charge in [0.1, 0.15) is 6.61 Å². The number of hydrogen-bond acceptors (Lipinski definition) is 3. The number of aliphatic hydroxyl groups excluding tert-OH is 1. The Labute approximate surface area is 119 Å². The number of carbonyl (C=O) groups excluding carboxylic acids is 1. The minimum absolute atomic E-state index is 0.00338. The summed E-state index contributed by atoms with van der Waals surface area (Å²) in [5, 5.41) is 8.85. The van der Waals surface area contributed by atoms with Crippen LogP contribution in [0.25, 0.3) is 0 Å². The van der Waals surface area contributed by atoms with Crippen LogP contribution in [0.2, 0.25) is 0 Å². The van der Waals surface area contributed by atoms with E-state index in [1.54, 1.807) is 11.0 Å². The molecule has 1 aliphatic heterocycles. The van der Waals surface area contributed by atoms with Gasteiger partial charge in [-0.3, -0.25) is 0 Å². The Morgan fingerprint density at radius 1 is 1.35 bits per heavy atom. The first kappa shape index (κ1) is 14.6. The summed E-state index contributed by atoms with van der Waals surface area (Å²) >= 11 is 0. The van der Waals surface area contributed by atoms with Crippen LogP contribution >= 0.6 is 0 Å². The lowest BCUT2D eigenvalue weighted by molar-refractivity contribution is 0.0774. The van der Waals surface area contributed by atoms with Gasteiger partial charge in [-0.05, 0) is 24.8 Å². The number of benzene rings is 1. The second kappa shape index (κ2) is 7.70. The third-order valence-corrected chi connectivity index (χ3v) is 3.45. The second-order valence-corrected chi connectivity index (χ2v) is 4.91. The summed E-state index contributed by atoms with van der Waals surface area (Å²) in [6, 6.07) is 9.71. The summed E-state index contributed by atoms with van der Waals surface area (Å²) in [6.07, 6.45) is 6.33. The van der Waals surface area contributed by atoms with Gasteiger partial charge in [0.15, 0.2) is 0 Å². The number of ether oxygens (including phenoxy) is 1. The molecule has 0 bridgehead atoms. The van der Waals surface area contributed by atoms with Crippen LogP contribution in [0.5, 0.6) is 0 Å². The molecule has 1 amide bonds. The Morgan fingerprint density at radius 3 is 2.90 bits per heavy atom. The Bertz CT molecular complexity index is 444. The standard InChI is InChI=1S/C16H21NO3/c18-12-6-10-15-9-4-5-11-17(15)16(19)20-13-14-7-2-1-3-8-14/h1-3,6-8,10,15,18H,4-5,9,11-13H2/b10-6+. The highest BCUT2D eigenvalue weighted by molar-refractivity contribution is 5.68. The summed E-state index contributed by atoms with van der Waals surface area (Å²) in [5.74, 6) is 0. The Morgan fingerprint density at radius 2 is 2.15 bits per heavy atom. The molecule has 0 aliphatic carbocycles. The Kier molecular flexibility index (Phi) is 5.62. The predicted octanol–water partition coefficient (Wildman–Crippen LogP) is 2.73. The maximum atomic E-state index is 12.2. The lowest BCUT2D eigenvalue weighted by Crippen LogP contribution is -2.43. The van der Waals surface area contributed by atoms with Gasteiger partial charge in [-0.2, -0.15) is 0 Å². The zero-order valence-corrected chi connectivity index (χ0v) is 11.6. The van der Waals surface area contributed by atoms with Crippen molar-refractivity contribution in [1.29, 1.82) is 0 Å². The highest BCUT2D eigenvalue weighted by Crippen LogP contribution is 2.19. The van der Waals surface area contributed by atoms with Crippen LogP contribution < -0.4 is 0 Å². The van der Waals surface area contributed by atoms with Crippen molar-refractivity contribution in [3.63, 3.8) is 0 Å². The first-order valence-electron chi connectivity index (χ1n) is 7.06. The summed E-state index contributed by atoms with van der Waals surface area (Å²) in [7, 11) is 0. The minimum Gasteiger partial charge on any atom is -0.445 e. The van der Waals surface area contributed by atoms with E-state index in [2.05, 4.69) is 0 Å². The van der Waals surface area contributed by atoms with Crippen LogP contribution in [0.4, 0.5) is 4.79 Å². The molecule has 1 atom stereocenters. The van der Waals surface area contributed by atoms with Gasteiger partial charge in [-0.25, -0.2) is 4.79 Å². The molecular formula is C16H21NO3. The van der Waals surface area contributed by atoms with Gasteiger partial charge in [-0.1, -0.05) is 42.5 Å². The van der Waals surface area contributed by atoms with Crippen molar-refractivity contribution in [3.8, 4) is 0 Å². The number of hydrogen-bond donors (Lipinski definition) is 1. The van der Waals surface area contributed by atoms with E-state index in [0.717, 1.165) is 24.8 Å². The molecule has 0 aromatic heterocycles. The monoisotopic (exact) mass is 275 g/mol. The van der Waals surface area contributed by atoms with E-state index in [-0.39, 0.29) is 18.7 Å². The number of rotatable bonds is 4. The SMILES string of the molecule is O=C(OCc1ccccc1)N1CCCCC1/C=C/CO. The quantitative estimate of drug-likeness (QED) is 0.860. The van der Waals surface area contributed by atoms with Crippen molar-refractivity contribution in [2.75, 3.05) is 13.2 Å². The number of amides is 1. The molecular weight excluding hydrogens is 254 g/mol. The normalized spacial score (nSPS) is 19.2. The van der Waals surface area contributed by atoms with E-state index >= 15 is 0 Å². The first-order chi connectivity index (χ1) is 9.81. The molecule has 20 heavy (non-hydrogen) atoms. The molecule has 2 rings (SSSR count). The van der Waals surface area contributed by atoms with E-state index in [0.29, 0.717) is 13.2 Å². The molecule has 4 heteroatoms. The summed E-state index contributed by atoms with van der Waals surface area (Å²) in [4.78, 5) is 13.9. The second-order valence-electron chi connectivity index (χ2n) is 4.91. The Balaban J connectivity index is 1.90. The minimum atomic E-state index is -0.277. The van der Waals surface area contributed by atoms with Crippen LogP contribution in [-0.2, 0) is 11.3 Å². The fraction of sp³-hybridized carbons (Fsp3) is 0.438. The zero-order chi connectivity index (χ0) is 14.2. The number of nitrogens with zero attached hydrogens (tertiary/aromatic N) is 1. The van der Waals surface area contributed by atoms with Crippen molar-refractivity contribution in [2.45, 2.75) is 31.9 Å². The van der Waals surface area contributed by atoms with Gasteiger partial charge < -0.3 is 14.7 Å². The largest absolute Gasteiger partial charge is 0.445 e. The molecule has 1 aromatic rings. The lowest BCUT2D eigenvalue weighted by Gasteiger charge is -2.33. The summed E-state index contributed by atoms with van der Waals surface area (Å²) in [6.45, 7) is 1.02. The first-order valence-corrected chi connectivity index (χ1v) is 7.06. The van der Waals surface area contributed by atoms with E-state index in [9.17, 15) is 4.79 Å². The number of likely N-dealkylation sites (tertiary alicyclic amines) is 1. The van der Waals surface area contributed by atoms with Gasteiger partial charge in [0, 0.05) is 6.54 Å². The molecule has 1 heterocycles. The fourth-order valence-corrected chi connectivity index (χ4v) is 2.40. The van der Waals surface area contributed by atoms with Crippen molar-refractivity contribution in [1.82, 2.24) is 4.90 Å². The highest BCUT2D eigenvalue weighted by Gasteiger charge is 2.25. The van der Waals surface area contributed by atoms with Crippen LogP contribution in [0.15, 0.2) is 42.5 Å². The maximum absolute atomic E-state index is 12.2. The predicted molar refractivity (Wildman–Crippen MR) is 77.2 cm³/mol. The molecule has 1 aliphatic rings. The van der Waals surface area contributed by atoms with Gasteiger partial charge in [0.2, 0.25) is 0 Å². The molecule has 1 saturated heterocycles. The van der Waals surface area contributed by atoms with E-state index in [4.69, 9.17) is 9.84 Å². The van der Waals surface area contributed by atoms with Gasteiger partial charge >= 0.3 is 6.09 Å². The highest BCUT2D eigenvalue weighted by atomic mass is 16.6. The van der Waals surface area contributed by atoms with E-state index < -0.39 is 0 Å². The smallest absolute Gasteiger partial charge is 0.410 e. The lowest BCUT2D eigenvalue weighted by atomic mass is 10.0. The molecule has 0 saturated carbocycles. The molecule has 108 valence electrons. The van der Waals surface area contributed by atoms with Gasteiger partial charge in [0.05, 0.1) is 12.6 Å². The van der Waals surface area contributed by atoms with Crippen LogP contribution in [0.3, 0.4) is 0 Å². The average molecular weight is 275 g/mol. The number of piperidine rings is 1.